The monoisotopic (exact) mass is 289 g/mol. The number of amides is 1. The summed E-state index contributed by atoms with van der Waals surface area (Å²) in [5.74, 6) is 1.63. The maximum Gasteiger partial charge on any atom is 0.253 e. The molecule has 0 fully saturated rings. The number of aromatic nitrogens is 3. The number of nitrogens with zero attached hydrogens (tertiary/aromatic N) is 3. The van der Waals surface area contributed by atoms with Crippen LogP contribution in [0.1, 0.15) is 16.2 Å². The predicted octanol–water partition coefficient (Wildman–Crippen LogP) is 0.0985. The molecule has 0 saturated carbocycles. The fraction of sp³-hybridized carbons (Fsp3) is 0.308. The largest absolute Gasteiger partial charge is 0.454 e. The molecule has 0 aliphatic carbocycles. The number of nitrogens with one attached hydrogen (secondary N) is 1. The molecule has 0 unspecified atom stereocenters. The van der Waals surface area contributed by atoms with Crippen LogP contribution in [0, 0.1) is 0 Å². The zero-order valence-electron chi connectivity index (χ0n) is 11.5. The van der Waals surface area contributed by atoms with Gasteiger partial charge in [0, 0.05) is 31.8 Å². The summed E-state index contributed by atoms with van der Waals surface area (Å²) in [5, 5.41) is 10.5. The third-order valence-corrected chi connectivity index (χ3v) is 3.23. The zero-order valence-corrected chi connectivity index (χ0v) is 11.5. The SMILES string of the molecule is Cn1cnnc1CCNC(=O)c1cc2c(cc1N)OCO2. The Morgan fingerprint density at radius 1 is 1.43 bits per heavy atom. The minimum atomic E-state index is -0.257. The summed E-state index contributed by atoms with van der Waals surface area (Å²) in [4.78, 5) is 12.1. The number of fused-ring (bicyclic) bond motifs is 1. The first-order valence-electron chi connectivity index (χ1n) is 6.45. The number of carbonyl (C=O) groups is 1. The highest BCUT2D eigenvalue weighted by atomic mass is 16.7. The van der Waals surface area contributed by atoms with Crippen molar-refractivity contribution in [1.29, 1.82) is 0 Å². The maximum absolute atomic E-state index is 12.1. The molecule has 2 aromatic rings. The molecule has 0 radical (unpaired) electrons. The highest BCUT2D eigenvalue weighted by Crippen LogP contribution is 2.35. The van der Waals surface area contributed by atoms with Crippen LogP contribution in [0.3, 0.4) is 0 Å². The first-order chi connectivity index (χ1) is 10.1. The number of hydrogen-bond donors (Lipinski definition) is 2. The highest BCUT2D eigenvalue weighted by molar-refractivity contribution is 6.00. The summed E-state index contributed by atoms with van der Waals surface area (Å²) in [7, 11) is 1.85. The average molecular weight is 289 g/mol. The Balaban J connectivity index is 1.64. The Hall–Kier alpha value is -2.77. The fourth-order valence-corrected chi connectivity index (χ4v) is 2.07. The normalized spacial score (nSPS) is 12.4. The van der Waals surface area contributed by atoms with E-state index in [2.05, 4.69) is 15.5 Å². The van der Waals surface area contributed by atoms with E-state index in [1.165, 1.54) is 0 Å². The lowest BCUT2D eigenvalue weighted by atomic mass is 10.1. The van der Waals surface area contributed by atoms with Crippen molar-refractivity contribution in [2.75, 3.05) is 19.1 Å². The molecule has 0 bridgehead atoms. The first-order valence-corrected chi connectivity index (χ1v) is 6.45. The lowest BCUT2D eigenvalue weighted by molar-refractivity contribution is 0.0954. The number of hydrogen-bond acceptors (Lipinski definition) is 6. The molecule has 8 nitrogen and oxygen atoms in total. The van der Waals surface area contributed by atoms with Crippen molar-refractivity contribution in [3.05, 3.63) is 29.8 Å². The third kappa shape index (κ3) is 2.60. The molecule has 0 saturated heterocycles. The van der Waals surface area contributed by atoms with Crippen LogP contribution in [0.15, 0.2) is 18.5 Å². The third-order valence-electron chi connectivity index (χ3n) is 3.23. The number of rotatable bonds is 4. The van der Waals surface area contributed by atoms with Gasteiger partial charge in [0.05, 0.1) is 5.56 Å². The van der Waals surface area contributed by atoms with Gasteiger partial charge in [-0.2, -0.15) is 0 Å². The van der Waals surface area contributed by atoms with E-state index in [0.717, 1.165) is 5.82 Å². The molecule has 0 spiro atoms. The van der Waals surface area contributed by atoms with E-state index >= 15 is 0 Å². The fourth-order valence-electron chi connectivity index (χ4n) is 2.07. The Labute approximate surface area is 120 Å². The van der Waals surface area contributed by atoms with Gasteiger partial charge in [-0.25, -0.2) is 0 Å². The number of anilines is 1. The molecule has 110 valence electrons. The van der Waals surface area contributed by atoms with E-state index in [1.807, 2.05) is 7.05 Å². The van der Waals surface area contributed by atoms with Crippen molar-refractivity contribution in [3.63, 3.8) is 0 Å². The van der Waals surface area contributed by atoms with Gasteiger partial charge in [0.25, 0.3) is 5.91 Å². The van der Waals surface area contributed by atoms with Gasteiger partial charge < -0.3 is 25.1 Å². The molecule has 3 rings (SSSR count). The standard InChI is InChI=1S/C13H15N5O3/c1-18-6-16-17-12(18)2-3-15-13(19)8-4-10-11(5-9(8)14)21-7-20-10/h4-6H,2-3,7,14H2,1H3,(H,15,19). The topological polar surface area (TPSA) is 104 Å². The molecule has 1 amide bonds. The van der Waals surface area contributed by atoms with Gasteiger partial charge >= 0.3 is 0 Å². The Morgan fingerprint density at radius 2 is 2.19 bits per heavy atom. The predicted molar refractivity (Wildman–Crippen MR) is 74.0 cm³/mol. The van der Waals surface area contributed by atoms with Gasteiger partial charge in [0.15, 0.2) is 11.5 Å². The summed E-state index contributed by atoms with van der Waals surface area (Å²) in [6.45, 7) is 0.589. The number of carbonyl (C=O) groups excluding carboxylic acids is 1. The maximum atomic E-state index is 12.1. The van der Waals surface area contributed by atoms with Gasteiger partial charge in [0.1, 0.15) is 12.2 Å². The second kappa shape index (κ2) is 5.31. The Morgan fingerprint density at radius 3 is 2.90 bits per heavy atom. The molecule has 1 aromatic heterocycles. The molecule has 0 atom stereocenters. The lowest BCUT2D eigenvalue weighted by Crippen LogP contribution is -2.27. The van der Waals surface area contributed by atoms with E-state index in [1.54, 1.807) is 23.0 Å². The second-order valence-electron chi connectivity index (χ2n) is 4.66. The Bertz CT molecular complexity index is 682. The summed E-state index contributed by atoms with van der Waals surface area (Å²) >= 11 is 0. The van der Waals surface area contributed by atoms with Crippen LogP contribution in [-0.4, -0.2) is 34.0 Å². The van der Waals surface area contributed by atoms with Crippen LogP contribution in [0.2, 0.25) is 0 Å². The molecular formula is C13H15N5O3. The van der Waals surface area contributed by atoms with Gasteiger partial charge in [0.2, 0.25) is 6.79 Å². The van der Waals surface area contributed by atoms with E-state index in [9.17, 15) is 4.79 Å². The van der Waals surface area contributed by atoms with Crippen LogP contribution >= 0.6 is 0 Å². The number of benzene rings is 1. The molecule has 1 aliphatic heterocycles. The van der Waals surface area contributed by atoms with Crippen molar-refractivity contribution in [2.45, 2.75) is 6.42 Å². The zero-order chi connectivity index (χ0) is 14.8. The van der Waals surface area contributed by atoms with Crippen LogP contribution < -0.4 is 20.5 Å². The quantitative estimate of drug-likeness (QED) is 0.773. The van der Waals surface area contributed by atoms with E-state index < -0.39 is 0 Å². The molecule has 2 heterocycles. The van der Waals surface area contributed by atoms with Crippen molar-refractivity contribution >= 4 is 11.6 Å². The second-order valence-corrected chi connectivity index (χ2v) is 4.66. The summed E-state index contributed by atoms with van der Waals surface area (Å²) < 4.78 is 12.3. The van der Waals surface area contributed by atoms with E-state index in [4.69, 9.17) is 15.2 Å². The Kier molecular flexibility index (Phi) is 3.35. The number of aryl methyl sites for hydroxylation is 1. The van der Waals surface area contributed by atoms with Crippen molar-refractivity contribution in [1.82, 2.24) is 20.1 Å². The number of ether oxygens (including phenoxy) is 2. The highest BCUT2D eigenvalue weighted by Gasteiger charge is 2.19. The molecule has 8 heteroatoms. The minimum absolute atomic E-state index is 0.145. The van der Waals surface area contributed by atoms with Gasteiger partial charge in [-0.3, -0.25) is 4.79 Å². The van der Waals surface area contributed by atoms with Crippen LogP contribution in [-0.2, 0) is 13.5 Å². The van der Waals surface area contributed by atoms with Crippen molar-refractivity contribution in [3.8, 4) is 11.5 Å². The number of nitrogens with two attached hydrogens (primary N) is 1. The van der Waals surface area contributed by atoms with Gasteiger partial charge in [-0.15, -0.1) is 10.2 Å². The van der Waals surface area contributed by atoms with Crippen LogP contribution in [0.4, 0.5) is 5.69 Å². The molecule has 1 aliphatic rings. The lowest BCUT2D eigenvalue weighted by Gasteiger charge is -2.08. The average Bonchev–Trinajstić information content (AvgIpc) is 3.06. The van der Waals surface area contributed by atoms with Crippen molar-refractivity contribution < 1.29 is 14.3 Å². The summed E-state index contributed by atoms with van der Waals surface area (Å²) in [6, 6.07) is 3.19. The van der Waals surface area contributed by atoms with Crippen LogP contribution in [0.25, 0.3) is 0 Å². The van der Waals surface area contributed by atoms with Crippen LogP contribution in [0.5, 0.6) is 11.5 Å². The van der Waals surface area contributed by atoms with Crippen molar-refractivity contribution in [2.24, 2.45) is 7.05 Å². The smallest absolute Gasteiger partial charge is 0.253 e. The van der Waals surface area contributed by atoms with E-state index in [0.29, 0.717) is 35.7 Å². The molecular weight excluding hydrogens is 274 g/mol. The van der Waals surface area contributed by atoms with Gasteiger partial charge in [-0.05, 0) is 6.07 Å². The van der Waals surface area contributed by atoms with Gasteiger partial charge in [-0.1, -0.05) is 0 Å². The minimum Gasteiger partial charge on any atom is -0.454 e. The number of nitrogen functional groups attached to an aromatic ring is 1. The van der Waals surface area contributed by atoms with E-state index in [-0.39, 0.29) is 12.7 Å². The molecule has 21 heavy (non-hydrogen) atoms. The molecule has 1 aromatic carbocycles. The molecule has 3 N–H and O–H groups in total. The first kappa shape index (κ1) is 13.2. The summed E-state index contributed by atoms with van der Waals surface area (Å²) in [5.41, 5.74) is 6.59. The summed E-state index contributed by atoms with van der Waals surface area (Å²) in [6.07, 6.45) is 2.21.